The van der Waals surface area contributed by atoms with Crippen LogP contribution in [0.25, 0.3) is 0 Å². The van der Waals surface area contributed by atoms with Gasteiger partial charge in [-0.25, -0.2) is 0 Å². The van der Waals surface area contributed by atoms with Crippen LogP contribution in [0.1, 0.15) is 0 Å². The van der Waals surface area contributed by atoms with E-state index in [4.69, 9.17) is 0 Å². The van der Waals surface area contributed by atoms with E-state index in [1.54, 1.807) is 7.05 Å². The van der Waals surface area contributed by atoms with Gasteiger partial charge in [-0.05, 0) is 0 Å². The van der Waals surface area contributed by atoms with Crippen molar-refractivity contribution >= 4 is 23.6 Å². The van der Waals surface area contributed by atoms with E-state index in [-0.39, 0.29) is 19.0 Å². The van der Waals surface area contributed by atoms with E-state index in [1.165, 1.54) is 9.80 Å². The van der Waals surface area contributed by atoms with Gasteiger partial charge in [0.05, 0.1) is 13.1 Å². The van der Waals surface area contributed by atoms with Crippen molar-refractivity contribution in [3.8, 4) is 0 Å². The standard InChI is InChI=1S/C10H14N4O4/c1-13-2-3-14(5-7(13)16)10(18)8-9(17)11-4-6(15)12-8/h8H,2-5H2,1H3,(H,11,17)(H,12,15)/t8-/m0/s1. The Morgan fingerprint density at radius 3 is 2.67 bits per heavy atom. The lowest BCUT2D eigenvalue weighted by Gasteiger charge is -2.34. The number of carbonyl (C=O) groups excluding carboxylic acids is 4. The van der Waals surface area contributed by atoms with Gasteiger partial charge >= 0.3 is 0 Å². The molecule has 2 fully saturated rings. The van der Waals surface area contributed by atoms with Gasteiger partial charge in [-0.15, -0.1) is 0 Å². The Bertz CT molecular complexity index is 422. The lowest BCUT2D eigenvalue weighted by molar-refractivity contribution is -0.150. The molecule has 2 rings (SSSR count). The summed E-state index contributed by atoms with van der Waals surface area (Å²) in [6, 6.07) is -1.22. The van der Waals surface area contributed by atoms with E-state index in [2.05, 4.69) is 10.6 Å². The third kappa shape index (κ3) is 2.27. The Hall–Kier alpha value is -2.12. The maximum Gasteiger partial charge on any atom is 0.255 e. The zero-order valence-corrected chi connectivity index (χ0v) is 9.93. The van der Waals surface area contributed by atoms with Crippen molar-refractivity contribution in [2.75, 3.05) is 33.2 Å². The smallest absolute Gasteiger partial charge is 0.255 e. The van der Waals surface area contributed by atoms with Crippen molar-refractivity contribution in [2.45, 2.75) is 6.04 Å². The molecule has 2 aliphatic rings. The highest BCUT2D eigenvalue weighted by Crippen LogP contribution is 2.05. The Morgan fingerprint density at radius 1 is 1.28 bits per heavy atom. The first kappa shape index (κ1) is 12.3. The van der Waals surface area contributed by atoms with E-state index in [9.17, 15) is 19.2 Å². The molecule has 0 saturated carbocycles. The second kappa shape index (κ2) is 4.63. The average molecular weight is 254 g/mol. The van der Waals surface area contributed by atoms with Crippen LogP contribution < -0.4 is 10.6 Å². The van der Waals surface area contributed by atoms with Gasteiger partial charge in [-0.1, -0.05) is 0 Å². The van der Waals surface area contributed by atoms with Crippen LogP contribution in [0, 0.1) is 0 Å². The van der Waals surface area contributed by atoms with Crippen LogP contribution in [0.2, 0.25) is 0 Å². The molecule has 0 bridgehead atoms. The summed E-state index contributed by atoms with van der Waals surface area (Å²) in [7, 11) is 1.65. The molecule has 0 aromatic rings. The van der Waals surface area contributed by atoms with Gasteiger partial charge in [-0.3, -0.25) is 19.2 Å². The van der Waals surface area contributed by atoms with Crippen LogP contribution in [-0.2, 0) is 19.2 Å². The summed E-state index contributed by atoms with van der Waals surface area (Å²) in [4.78, 5) is 49.0. The van der Waals surface area contributed by atoms with Crippen LogP contribution in [0.15, 0.2) is 0 Å². The third-order valence-electron chi connectivity index (χ3n) is 3.01. The molecular weight excluding hydrogens is 240 g/mol. The fourth-order valence-electron chi connectivity index (χ4n) is 1.85. The minimum Gasteiger partial charge on any atom is -0.345 e. The largest absolute Gasteiger partial charge is 0.345 e. The first-order valence-electron chi connectivity index (χ1n) is 5.59. The molecule has 0 spiro atoms. The summed E-state index contributed by atoms with van der Waals surface area (Å²) < 4.78 is 0. The number of rotatable bonds is 1. The number of hydrogen-bond acceptors (Lipinski definition) is 4. The average Bonchev–Trinajstić information content (AvgIpc) is 2.35. The highest BCUT2D eigenvalue weighted by atomic mass is 16.2. The van der Waals surface area contributed by atoms with Crippen LogP contribution in [0.4, 0.5) is 0 Å². The summed E-state index contributed by atoms with van der Waals surface area (Å²) in [5, 5.41) is 4.65. The van der Waals surface area contributed by atoms with Crippen LogP contribution in [0.3, 0.4) is 0 Å². The number of likely N-dealkylation sites (N-methyl/N-ethyl adjacent to an activating group) is 1. The van der Waals surface area contributed by atoms with Crippen molar-refractivity contribution < 1.29 is 19.2 Å². The van der Waals surface area contributed by atoms with Gasteiger partial charge in [0.2, 0.25) is 11.8 Å². The molecular formula is C10H14N4O4. The molecule has 0 aliphatic carbocycles. The predicted octanol–water partition coefficient (Wildman–Crippen LogP) is -3.10. The molecule has 0 aromatic heterocycles. The van der Waals surface area contributed by atoms with Crippen LogP contribution in [-0.4, -0.2) is 72.7 Å². The molecule has 18 heavy (non-hydrogen) atoms. The van der Waals surface area contributed by atoms with Gasteiger partial charge in [-0.2, -0.15) is 0 Å². The van der Waals surface area contributed by atoms with Crippen LogP contribution in [0.5, 0.6) is 0 Å². The Kier molecular flexibility index (Phi) is 3.17. The zero-order chi connectivity index (χ0) is 13.3. The number of carbonyl (C=O) groups is 4. The molecule has 2 N–H and O–H groups in total. The highest BCUT2D eigenvalue weighted by Gasteiger charge is 2.37. The van der Waals surface area contributed by atoms with Crippen molar-refractivity contribution in [3.63, 3.8) is 0 Å². The fraction of sp³-hybridized carbons (Fsp3) is 0.600. The fourth-order valence-corrected chi connectivity index (χ4v) is 1.85. The lowest BCUT2D eigenvalue weighted by Crippen LogP contribution is -2.64. The topological polar surface area (TPSA) is 98.8 Å². The second-order valence-electron chi connectivity index (χ2n) is 4.29. The summed E-state index contributed by atoms with van der Waals surface area (Å²) in [5.74, 6) is -1.67. The minimum atomic E-state index is -1.22. The summed E-state index contributed by atoms with van der Waals surface area (Å²) in [6.07, 6.45) is 0. The van der Waals surface area contributed by atoms with Gasteiger partial charge in [0.1, 0.15) is 0 Å². The van der Waals surface area contributed by atoms with Crippen molar-refractivity contribution in [3.05, 3.63) is 0 Å². The first-order chi connectivity index (χ1) is 8.49. The lowest BCUT2D eigenvalue weighted by atomic mass is 10.1. The summed E-state index contributed by atoms with van der Waals surface area (Å²) in [6.45, 7) is 0.604. The minimum absolute atomic E-state index is 0.0605. The monoisotopic (exact) mass is 254 g/mol. The number of hydrogen-bond donors (Lipinski definition) is 2. The highest BCUT2D eigenvalue weighted by molar-refractivity contribution is 6.10. The molecule has 2 aliphatic heterocycles. The first-order valence-corrected chi connectivity index (χ1v) is 5.59. The van der Waals surface area contributed by atoms with Gasteiger partial charge in [0.25, 0.3) is 11.8 Å². The third-order valence-corrected chi connectivity index (χ3v) is 3.01. The Morgan fingerprint density at radius 2 is 2.00 bits per heavy atom. The molecule has 98 valence electrons. The SMILES string of the molecule is CN1CCN(C(=O)[C@H]2NC(=O)CNC2=O)CC1=O. The van der Waals surface area contributed by atoms with Crippen molar-refractivity contribution in [1.82, 2.24) is 20.4 Å². The van der Waals surface area contributed by atoms with Crippen molar-refractivity contribution in [1.29, 1.82) is 0 Å². The molecule has 4 amide bonds. The maximum absolute atomic E-state index is 12.0. The predicted molar refractivity (Wildman–Crippen MR) is 59.2 cm³/mol. The summed E-state index contributed by atoms with van der Waals surface area (Å²) >= 11 is 0. The summed E-state index contributed by atoms with van der Waals surface area (Å²) in [5.41, 5.74) is 0. The quantitative estimate of drug-likeness (QED) is 0.484. The van der Waals surface area contributed by atoms with E-state index < -0.39 is 23.8 Å². The maximum atomic E-state index is 12.0. The van der Waals surface area contributed by atoms with Gasteiger partial charge in [0, 0.05) is 20.1 Å². The molecule has 0 aromatic carbocycles. The molecule has 8 heteroatoms. The van der Waals surface area contributed by atoms with Gasteiger partial charge < -0.3 is 20.4 Å². The van der Waals surface area contributed by atoms with E-state index in [1.807, 2.05) is 0 Å². The number of nitrogens with one attached hydrogen (secondary N) is 2. The Balaban J connectivity index is 2.04. The van der Waals surface area contributed by atoms with Crippen molar-refractivity contribution in [2.24, 2.45) is 0 Å². The second-order valence-corrected chi connectivity index (χ2v) is 4.29. The number of nitrogens with zero attached hydrogens (tertiary/aromatic N) is 2. The zero-order valence-electron chi connectivity index (χ0n) is 9.93. The number of amides is 4. The molecule has 0 radical (unpaired) electrons. The van der Waals surface area contributed by atoms with E-state index in [0.29, 0.717) is 13.1 Å². The normalized spacial score (nSPS) is 24.7. The van der Waals surface area contributed by atoms with E-state index in [0.717, 1.165) is 0 Å². The molecule has 0 unspecified atom stereocenters. The van der Waals surface area contributed by atoms with Gasteiger partial charge in [0.15, 0.2) is 6.04 Å². The Labute approximate surface area is 103 Å². The molecule has 8 nitrogen and oxygen atoms in total. The molecule has 1 atom stereocenters. The number of piperazine rings is 2. The van der Waals surface area contributed by atoms with E-state index >= 15 is 0 Å². The molecule has 2 heterocycles. The molecule has 2 saturated heterocycles. The van der Waals surface area contributed by atoms with Crippen LogP contribution >= 0.6 is 0 Å².